The molecule has 0 atom stereocenters. The molecule has 1 amide bonds. The fourth-order valence-electron chi connectivity index (χ4n) is 2.36. The summed E-state index contributed by atoms with van der Waals surface area (Å²) in [6.07, 6.45) is 1.13. The number of carboxylic acids is 1. The minimum atomic E-state index is -0.757. The van der Waals surface area contributed by atoms with E-state index >= 15 is 0 Å². The minimum absolute atomic E-state index is 0.101. The first kappa shape index (κ1) is 15.8. The van der Waals surface area contributed by atoms with E-state index in [0.717, 1.165) is 0 Å². The second-order valence-electron chi connectivity index (χ2n) is 5.70. The number of hydrogen-bond donors (Lipinski definition) is 2. The Hall–Kier alpha value is -1.59. The van der Waals surface area contributed by atoms with Gasteiger partial charge in [-0.05, 0) is 57.1 Å². The van der Waals surface area contributed by atoms with E-state index in [2.05, 4.69) is 5.32 Å². The van der Waals surface area contributed by atoms with E-state index in [0.29, 0.717) is 36.6 Å². The third kappa shape index (κ3) is 4.19. The summed E-state index contributed by atoms with van der Waals surface area (Å²) in [7, 11) is 0. The molecule has 1 heterocycles. The van der Waals surface area contributed by atoms with Crippen LogP contribution < -0.4 is 5.32 Å². The van der Waals surface area contributed by atoms with Crippen molar-refractivity contribution >= 4 is 29.2 Å². The van der Waals surface area contributed by atoms with Gasteiger partial charge in [-0.15, -0.1) is 0 Å². The van der Waals surface area contributed by atoms with Gasteiger partial charge in [0.15, 0.2) is 0 Å². The number of likely N-dealkylation sites (tertiary alicyclic amines) is 1. The van der Waals surface area contributed by atoms with Crippen molar-refractivity contribution in [1.29, 1.82) is 0 Å². The molecule has 1 aliphatic heterocycles. The fourth-order valence-corrected chi connectivity index (χ4v) is 2.48. The van der Waals surface area contributed by atoms with E-state index in [-0.39, 0.29) is 12.5 Å². The molecule has 114 valence electrons. The Bertz CT molecular complexity index is 522. The molecule has 0 bridgehead atoms. The first-order valence-electron chi connectivity index (χ1n) is 6.90. The van der Waals surface area contributed by atoms with Gasteiger partial charge in [0.2, 0.25) is 5.91 Å². The van der Waals surface area contributed by atoms with Gasteiger partial charge in [0, 0.05) is 10.7 Å². The average molecular weight is 311 g/mol. The molecule has 0 unspecified atom stereocenters. The average Bonchev–Trinajstić information content (AvgIpc) is 2.44. The van der Waals surface area contributed by atoms with Crippen LogP contribution in [0.2, 0.25) is 5.02 Å². The Kier molecular flexibility index (Phi) is 4.85. The third-order valence-corrected chi connectivity index (χ3v) is 4.22. The lowest BCUT2D eigenvalue weighted by Crippen LogP contribution is -2.45. The van der Waals surface area contributed by atoms with Crippen LogP contribution in [0.15, 0.2) is 24.3 Å². The molecule has 2 rings (SSSR count). The summed E-state index contributed by atoms with van der Waals surface area (Å²) >= 11 is 5.79. The number of benzene rings is 1. The molecule has 21 heavy (non-hydrogen) atoms. The van der Waals surface area contributed by atoms with E-state index in [4.69, 9.17) is 11.6 Å². The van der Waals surface area contributed by atoms with Crippen molar-refractivity contribution in [3.05, 3.63) is 29.3 Å². The number of piperidine rings is 1. The van der Waals surface area contributed by atoms with Crippen LogP contribution in [0.4, 0.5) is 5.69 Å². The van der Waals surface area contributed by atoms with Gasteiger partial charge in [-0.3, -0.25) is 14.5 Å². The van der Waals surface area contributed by atoms with Crippen molar-refractivity contribution in [2.75, 3.05) is 25.0 Å². The van der Waals surface area contributed by atoms with Crippen LogP contribution in [-0.2, 0) is 9.59 Å². The van der Waals surface area contributed by atoms with Crippen molar-refractivity contribution in [2.24, 2.45) is 5.41 Å². The summed E-state index contributed by atoms with van der Waals surface area (Å²) in [4.78, 5) is 25.1. The molecule has 1 aromatic rings. The molecule has 6 heteroatoms. The third-order valence-electron chi connectivity index (χ3n) is 3.97. The maximum atomic E-state index is 12.0. The van der Waals surface area contributed by atoms with Gasteiger partial charge >= 0.3 is 5.97 Å². The van der Waals surface area contributed by atoms with Gasteiger partial charge in [0.1, 0.15) is 0 Å². The van der Waals surface area contributed by atoms with Crippen molar-refractivity contribution < 1.29 is 14.7 Å². The van der Waals surface area contributed by atoms with Crippen LogP contribution in [0.3, 0.4) is 0 Å². The van der Waals surface area contributed by atoms with E-state index in [1.807, 2.05) is 4.90 Å². The van der Waals surface area contributed by atoms with E-state index in [1.165, 1.54) is 0 Å². The zero-order chi connectivity index (χ0) is 15.5. The molecular formula is C15H19ClN2O3. The van der Waals surface area contributed by atoms with E-state index in [1.54, 1.807) is 31.2 Å². The van der Waals surface area contributed by atoms with Gasteiger partial charge in [0.05, 0.1) is 12.0 Å². The lowest BCUT2D eigenvalue weighted by molar-refractivity contribution is -0.150. The Balaban J connectivity index is 1.82. The summed E-state index contributed by atoms with van der Waals surface area (Å²) in [5.74, 6) is -0.857. The lowest BCUT2D eigenvalue weighted by atomic mass is 9.80. The number of halogens is 1. The molecule has 0 spiro atoms. The molecule has 0 radical (unpaired) electrons. The number of nitrogens with zero attached hydrogens (tertiary/aromatic N) is 1. The highest BCUT2D eigenvalue weighted by Gasteiger charge is 2.37. The largest absolute Gasteiger partial charge is 0.481 e. The number of aliphatic carboxylic acids is 1. The lowest BCUT2D eigenvalue weighted by Gasteiger charge is -2.35. The number of carbonyl (C=O) groups is 2. The first-order valence-corrected chi connectivity index (χ1v) is 7.28. The molecule has 1 fully saturated rings. The van der Waals surface area contributed by atoms with Crippen LogP contribution in [-0.4, -0.2) is 41.5 Å². The number of amides is 1. The Morgan fingerprint density at radius 1 is 1.29 bits per heavy atom. The minimum Gasteiger partial charge on any atom is -0.481 e. The highest BCUT2D eigenvalue weighted by molar-refractivity contribution is 6.30. The SMILES string of the molecule is CC1(C(=O)O)CCN(CC(=O)Nc2ccc(Cl)cc2)CC1. The highest BCUT2D eigenvalue weighted by atomic mass is 35.5. The van der Waals surface area contributed by atoms with Gasteiger partial charge < -0.3 is 10.4 Å². The molecule has 0 aliphatic carbocycles. The topological polar surface area (TPSA) is 69.6 Å². The van der Waals surface area contributed by atoms with Crippen LogP contribution in [0.25, 0.3) is 0 Å². The quantitative estimate of drug-likeness (QED) is 0.896. The smallest absolute Gasteiger partial charge is 0.309 e. The van der Waals surface area contributed by atoms with Crippen molar-refractivity contribution in [3.8, 4) is 0 Å². The summed E-state index contributed by atoms with van der Waals surface area (Å²) in [6, 6.07) is 6.93. The number of rotatable bonds is 4. The summed E-state index contributed by atoms with van der Waals surface area (Å²) in [5.41, 5.74) is 0.0418. The zero-order valence-corrected chi connectivity index (χ0v) is 12.7. The van der Waals surface area contributed by atoms with Gasteiger partial charge in [-0.1, -0.05) is 11.6 Å². The van der Waals surface area contributed by atoms with Gasteiger partial charge in [0.25, 0.3) is 0 Å². The van der Waals surface area contributed by atoms with Crippen molar-refractivity contribution in [2.45, 2.75) is 19.8 Å². The van der Waals surface area contributed by atoms with Crippen LogP contribution in [0.1, 0.15) is 19.8 Å². The molecular weight excluding hydrogens is 292 g/mol. The molecule has 1 saturated heterocycles. The van der Waals surface area contributed by atoms with Gasteiger partial charge in [-0.2, -0.15) is 0 Å². The second kappa shape index (κ2) is 6.45. The number of carboxylic acid groups (broad SMARTS) is 1. The normalized spacial score (nSPS) is 18.2. The number of anilines is 1. The van der Waals surface area contributed by atoms with Crippen molar-refractivity contribution in [1.82, 2.24) is 4.90 Å². The molecule has 1 aromatic carbocycles. The molecule has 5 nitrogen and oxygen atoms in total. The summed E-state index contributed by atoms with van der Waals surface area (Å²) in [6.45, 7) is 3.28. The molecule has 0 saturated carbocycles. The fraction of sp³-hybridized carbons (Fsp3) is 0.467. The highest BCUT2D eigenvalue weighted by Crippen LogP contribution is 2.30. The van der Waals surface area contributed by atoms with Crippen LogP contribution in [0.5, 0.6) is 0 Å². The summed E-state index contributed by atoms with van der Waals surface area (Å²) < 4.78 is 0. The molecule has 1 aliphatic rings. The Morgan fingerprint density at radius 2 is 1.86 bits per heavy atom. The predicted octanol–water partition coefficient (Wildman–Crippen LogP) is 2.47. The van der Waals surface area contributed by atoms with Crippen molar-refractivity contribution in [3.63, 3.8) is 0 Å². The number of nitrogens with one attached hydrogen (secondary N) is 1. The Morgan fingerprint density at radius 3 is 2.38 bits per heavy atom. The zero-order valence-electron chi connectivity index (χ0n) is 11.9. The van der Waals surface area contributed by atoms with Crippen LogP contribution >= 0.6 is 11.6 Å². The number of hydrogen-bond acceptors (Lipinski definition) is 3. The van der Waals surface area contributed by atoms with Crippen LogP contribution in [0, 0.1) is 5.41 Å². The maximum Gasteiger partial charge on any atom is 0.309 e. The standard InChI is InChI=1S/C15H19ClN2O3/c1-15(14(20)21)6-8-18(9-7-15)10-13(19)17-12-4-2-11(16)3-5-12/h2-5H,6-10H2,1H3,(H,17,19)(H,20,21). The predicted molar refractivity (Wildman–Crippen MR) is 81.5 cm³/mol. The van der Waals surface area contributed by atoms with Gasteiger partial charge in [-0.25, -0.2) is 0 Å². The van der Waals surface area contributed by atoms with E-state index < -0.39 is 11.4 Å². The monoisotopic (exact) mass is 310 g/mol. The summed E-state index contributed by atoms with van der Waals surface area (Å²) in [5, 5.41) is 12.6. The van der Waals surface area contributed by atoms with E-state index in [9.17, 15) is 14.7 Å². The second-order valence-corrected chi connectivity index (χ2v) is 6.13. The molecule has 2 N–H and O–H groups in total. The Labute approximate surface area is 128 Å². The molecule has 0 aromatic heterocycles. The first-order chi connectivity index (χ1) is 9.89. The number of carbonyl (C=O) groups excluding carboxylic acids is 1. The maximum absolute atomic E-state index is 12.0.